The van der Waals surface area contributed by atoms with Crippen LogP contribution in [0.25, 0.3) is 0 Å². The van der Waals surface area contributed by atoms with Gasteiger partial charge in [0.2, 0.25) is 0 Å². The molecule has 2 rings (SSSR count). The lowest BCUT2D eigenvalue weighted by Gasteiger charge is -2.11. The molecule has 2 N–H and O–H groups in total. The van der Waals surface area contributed by atoms with Crippen molar-refractivity contribution in [2.75, 3.05) is 5.73 Å². The van der Waals surface area contributed by atoms with Crippen LogP contribution in [0.15, 0.2) is 42.5 Å². The molecule has 82 valence electrons. The summed E-state index contributed by atoms with van der Waals surface area (Å²) in [5.41, 5.74) is 8.62. The maximum atomic E-state index is 5.84. The number of rotatable bonds is 2. The van der Waals surface area contributed by atoms with Gasteiger partial charge in [0.05, 0.1) is 0 Å². The Morgan fingerprint density at radius 2 is 1.56 bits per heavy atom. The Kier molecular flexibility index (Phi) is 2.82. The van der Waals surface area contributed by atoms with Crippen LogP contribution in [-0.2, 0) is 0 Å². The number of benzene rings is 2. The number of hydrogen-bond donors (Lipinski definition) is 1. The van der Waals surface area contributed by atoms with E-state index in [4.69, 9.17) is 10.5 Å². The summed E-state index contributed by atoms with van der Waals surface area (Å²) in [6, 6.07) is 13.6. The van der Waals surface area contributed by atoms with E-state index >= 15 is 0 Å². The number of nitrogens with two attached hydrogens (primary N) is 1. The summed E-state index contributed by atoms with van der Waals surface area (Å²) in [6.07, 6.45) is 0. The molecule has 2 nitrogen and oxygen atoms in total. The van der Waals surface area contributed by atoms with Gasteiger partial charge in [-0.3, -0.25) is 0 Å². The molecule has 2 aromatic rings. The smallest absolute Gasteiger partial charge is 0.130 e. The molecular formula is C14H15NO. The van der Waals surface area contributed by atoms with E-state index in [1.807, 2.05) is 56.3 Å². The number of hydrogen-bond acceptors (Lipinski definition) is 2. The third-order valence-electron chi connectivity index (χ3n) is 2.51. The summed E-state index contributed by atoms with van der Waals surface area (Å²) < 4.78 is 5.84. The molecule has 0 saturated heterocycles. The molecule has 2 aromatic carbocycles. The van der Waals surface area contributed by atoms with E-state index in [9.17, 15) is 0 Å². The van der Waals surface area contributed by atoms with Crippen molar-refractivity contribution in [1.29, 1.82) is 0 Å². The number of para-hydroxylation sites is 1. The molecule has 0 saturated carbocycles. The van der Waals surface area contributed by atoms with E-state index in [2.05, 4.69) is 0 Å². The maximum Gasteiger partial charge on any atom is 0.130 e. The van der Waals surface area contributed by atoms with E-state index in [1.54, 1.807) is 0 Å². The summed E-state index contributed by atoms with van der Waals surface area (Å²) in [7, 11) is 0. The molecule has 0 amide bonds. The minimum absolute atomic E-state index is 0.759. The van der Waals surface area contributed by atoms with Gasteiger partial charge in [-0.2, -0.15) is 0 Å². The van der Waals surface area contributed by atoms with Crippen molar-refractivity contribution in [1.82, 2.24) is 0 Å². The van der Waals surface area contributed by atoms with E-state index < -0.39 is 0 Å². The summed E-state index contributed by atoms with van der Waals surface area (Å²) in [6.45, 7) is 4.02. The molecule has 0 heterocycles. The third kappa shape index (κ3) is 2.16. The van der Waals surface area contributed by atoms with E-state index in [-0.39, 0.29) is 0 Å². The predicted molar refractivity (Wildman–Crippen MR) is 66.8 cm³/mol. The molecule has 2 heteroatoms. The van der Waals surface area contributed by atoms with Crippen LogP contribution in [0.3, 0.4) is 0 Å². The van der Waals surface area contributed by atoms with Gasteiger partial charge in [-0.05, 0) is 49.2 Å². The highest BCUT2D eigenvalue weighted by atomic mass is 16.5. The Bertz CT molecular complexity index is 506. The predicted octanol–water partition coefficient (Wildman–Crippen LogP) is 3.68. The number of ether oxygens (including phenoxy) is 1. The van der Waals surface area contributed by atoms with Gasteiger partial charge < -0.3 is 10.5 Å². The molecule has 0 fully saturated rings. The normalized spacial score (nSPS) is 10.1. The Morgan fingerprint density at radius 3 is 2.25 bits per heavy atom. The van der Waals surface area contributed by atoms with Gasteiger partial charge in [0.15, 0.2) is 0 Å². The van der Waals surface area contributed by atoms with Crippen LogP contribution < -0.4 is 10.5 Å². The summed E-state index contributed by atoms with van der Waals surface area (Å²) in [5, 5.41) is 0. The van der Waals surface area contributed by atoms with Crippen LogP contribution in [0.2, 0.25) is 0 Å². The zero-order valence-electron chi connectivity index (χ0n) is 9.53. The Morgan fingerprint density at radius 1 is 0.875 bits per heavy atom. The Hall–Kier alpha value is -1.96. The van der Waals surface area contributed by atoms with Crippen LogP contribution in [0.5, 0.6) is 11.5 Å². The molecule has 0 unspecified atom stereocenters. The molecular weight excluding hydrogens is 198 g/mol. The quantitative estimate of drug-likeness (QED) is 0.772. The fraction of sp³-hybridized carbons (Fsp3) is 0.143. The lowest BCUT2D eigenvalue weighted by molar-refractivity contribution is 0.475. The van der Waals surface area contributed by atoms with Crippen molar-refractivity contribution in [2.24, 2.45) is 0 Å². The van der Waals surface area contributed by atoms with Crippen molar-refractivity contribution in [3.63, 3.8) is 0 Å². The third-order valence-corrected chi connectivity index (χ3v) is 2.51. The Balaban J connectivity index is 2.31. The summed E-state index contributed by atoms with van der Waals surface area (Å²) in [5.74, 6) is 1.74. The average Bonchev–Trinajstić information content (AvgIpc) is 2.25. The monoisotopic (exact) mass is 213 g/mol. The lowest BCUT2D eigenvalue weighted by Crippen LogP contribution is -1.91. The topological polar surface area (TPSA) is 35.2 Å². The number of anilines is 1. The zero-order valence-corrected chi connectivity index (χ0v) is 9.53. The lowest BCUT2D eigenvalue weighted by atomic mass is 10.2. The van der Waals surface area contributed by atoms with E-state index in [0.717, 1.165) is 28.3 Å². The molecule has 0 atom stereocenters. The highest BCUT2D eigenvalue weighted by Crippen LogP contribution is 2.28. The average molecular weight is 213 g/mol. The first-order valence-corrected chi connectivity index (χ1v) is 5.26. The standard InChI is InChI=1S/C14H15NO/c1-10-5-3-4-6-13(10)16-14-8-7-12(15)9-11(14)2/h3-9H,15H2,1-2H3. The second kappa shape index (κ2) is 4.27. The second-order valence-corrected chi connectivity index (χ2v) is 3.89. The van der Waals surface area contributed by atoms with Crippen LogP contribution in [0, 0.1) is 13.8 Å². The highest BCUT2D eigenvalue weighted by Gasteiger charge is 2.03. The first kappa shape index (κ1) is 10.6. The molecule has 0 aliphatic rings. The van der Waals surface area contributed by atoms with Gasteiger partial charge in [0.25, 0.3) is 0 Å². The van der Waals surface area contributed by atoms with Gasteiger partial charge in [-0.15, -0.1) is 0 Å². The van der Waals surface area contributed by atoms with Crippen LogP contribution in [0.1, 0.15) is 11.1 Å². The van der Waals surface area contributed by atoms with Crippen LogP contribution in [0.4, 0.5) is 5.69 Å². The first-order chi connectivity index (χ1) is 7.66. The largest absolute Gasteiger partial charge is 0.457 e. The molecule has 16 heavy (non-hydrogen) atoms. The zero-order chi connectivity index (χ0) is 11.5. The van der Waals surface area contributed by atoms with Gasteiger partial charge in [0.1, 0.15) is 11.5 Å². The van der Waals surface area contributed by atoms with Crippen molar-refractivity contribution in [3.8, 4) is 11.5 Å². The SMILES string of the molecule is Cc1ccccc1Oc1ccc(N)cc1C. The molecule has 0 spiro atoms. The summed E-state index contributed by atoms with van der Waals surface area (Å²) >= 11 is 0. The first-order valence-electron chi connectivity index (χ1n) is 5.26. The van der Waals surface area contributed by atoms with Crippen molar-refractivity contribution in [3.05, 3.63) is 53.6 Å². The van der Waals surface area contributed by atoms with Crippen molar-refractivity contribution < 1.29 is 4.74 Å². The molecule has 0 aliphatic carbocycles. The minimum atomic E-state index is 0.759. The van der Waals surface area contributed by atoms with Crippen LogP contribution in [-0.4, -0.2) is 0 Å². The Labute approximate surface area is 95.7 Å². The minimum Gasteiger partial charge on any atom is -0.457 e. The van der Waals surface area contributed by atoms with E-state index in [0.29, 0.717) is 0 Å². The van der Waals surface area contributed by atoms with Crippen molar-refractivity contribution in [2.45, 2.75) is 13.8 Å². The summed E-state index contributed by atoms with van der Waals surface area (Å²) in [4.78, 5) is 0. The molecule has 0 radical (unpaired) electrons. The van der Waals surface area contributed by atoms with Crippen molar-refractivity contribution >= 4 is 5.69 Å². The fourth-order valence-corrected chi connectivity index (χ4v) is 1.58. The second-order valence-electron chi connectivity index (χ2n) is 3.89. The molecule has 0 aromatic heterocycles. The van der Waals surface area contributed by atoms with Crippen LogP contribution >= 0.6 is 0 Å². The van der Waals surface area contributed by atoms with Gasteiger partial charge in [0, 0.05) is 5.69 Å². The number of nitrogen functional groups attached to an aromatic ring is 1. The number of aryl methyl sites for hydroxylation is 2. The van der Waals surface area contributed by atoms with Gasteiger partial charge in [-0.1, -0.05) is 18.2 Å². The fourth-order valence-electron chi connectivity index (χ4n) is 1.58. The molecule has 0 aliphatic heterocycles. The maximum absolute atomic E-state index is 5.84. The highest BCUT2D eigenvalue weighted by molar-refractivity contribution is 5.49. The van der Waals surface area contributed by atoms with Gasteiger partial charge >= 0.3 is 0 Å². The van der Waals surface area contributed by atoms with E-state index in [1.165, 1.54) is 0 Å². The van der Waals surface area contributed by atoms with Gasteiger partial charge in [-0.25, -0.2) is 0 Å². The molecule has 0 bridgehead atoms.